The Balaban J connectivity index is 2.24. The summed E-state index contributed by atoms with van der Waals surface area (Å²) in [5.74, 6) is 1.49. The van der Waals surface area contributed by atoms with E-state index in [1.165, 1.54) is 11.1 Å². The highest BCUT2D eigenvalue weighted by atomic mass is 15.3. The van der Waals surface area contributed by atoms with Crippen LogP contribution in [0.15, 0.2) is 30.6 Å². The van der Waals surface area contributed by atoms with Crippen LogP contribution >= 0.6 is 0 Å². The van der Waals surface area contributed by atoms with Gasteiger partial charge in [0.1, 0.15) is 12.2 Å². The van der Waals surface area contributed by atoms with Crippen LogP contribution in [0.1, 0.15) is 29.8 Å². The summed E-state index contributed by atoms with van der Waals surface area (Å²) in [5.41, 5.74) is 2.73. The number of benzene rings is 1. The first kappa shape index (κ1) is 13.7. The van der Waals surface area contributed by atoms with Crippen molar-refractivity contribution in [2.45, 2.75) is 32.7 Å². The highest BCUT2D eigenvalue weighted by Gasteiger charge is 2.16. The van der Waals surface area contributed by atoms with Crippen LogP contribution in [0.2, 0.25) is 0 Å². The highest BCUT2D eigenvalue weighted by Crippen LogP contribution is 2.22. The zero-order valence-electron chi connectivity index (χ0n) is 11.9. The molecule has 0 aliphatic rings. The normalized spacial score (nSPS) is 12.6. The van der Waals surface area contributed by atoms with Gasteiger partial charge in [-0.1, -0.05) is 24.3 Å². The lowest BCUT2D eigenvalue weighted by atomic mass is 9.91. The third kappa shape index (κ3) is 3.20. The monoisotopic (exact) mass is 258 g/mol. The number of aromatic nitrogens is 3. The van der Waals surface area contributed by atoms with E-state index >= 15 is 0 Å². The Hall–Kier alpha value is -1.68. The van der Waals surface area contributed by atoms with Crippen molar-refractivity contribution in [1.82, 2.24) is 20.1 Å². The molecule has 0 saturated carbocycles. The smallest absolute Gasteiger partial charge is 0.138 e. The zero-order valence-corrected chi connectivity index (χ0v) is 11.9. The van der Waals surface area contributed by atoms with Crippen molar-refractivity contribution in [3.8, 4) is 0 Å². The van der Waals surface area contributed by atoms with Gasteiger partial charge in [0.15, 0.2) is 0 Å². The molecule has 0 amide bonds. The number of aryl methyl sites for hydroxylation is 2. The Labute approximate surface area is 114 Å². The SMILES string of the molecule is CCn1ncnc1CC(CNC)c1ccccc1C. The second-order valence-electron chi connectivity index (χ2n) is 4.81. The van der Waals surface area contributed by atoms with E-state index in [0.717, 1.165) is 25.3 Å². The highest BCUT2D eigenvalue weighted by molar-refractivity contribution is 5.30. The maximum absolute atomic E-state index is 4.39. The molecule has 0 aliphatic heterocycles. The molecule has 0 radical (unpaired) electrons. The van der Waals surface area contributed by atoms with Gasteiger partial charge in [-0.25, -0.2) is 4.98 Å². The molecule has 0 spiro atoms. The van der Waals surface area contributed by atoms with Crippen LogP contribution in [0, 0.1) is 6.92 Å². The molecule has 1 heterocycles. The molecule has 4 nitrogen and oxygen atoms in total. The van der Waals surface area contributed by atoms with Gasteiger partial charge in [0.25, 0.3) is 0 Å². The first-order valence-corrected chi connectivity index (χ1v) is 6.83. The molecular weight excluding hydrogens is 236 g/mol. The average Bonchev–Trinajstić information content (AvgIpc) is 2.86. The van der Waals surface area contributed by atoms with Crippen LogP contribution in [0.3, 0.4) is 0 Å². The minimum absolute atomic E-state index is 0.431. The number of nitrogens with zero attached hydrogens (tertiary/aromatic N) is 3. The first-order chi connectivity index (χ1) is 9.26. The van der Waals surface area contributed by atoms with E-state index in [1.54, 1.807) is 6.33 Å². The van der Waals surface area contributed by atoms with Gasteiger partial charge < -0.3 is 5.32 Å². The molecule has 0 aliphatic carbocycles. The zero-order chi connectivity index (χ0) is 13.7. The molecule has 4 heteroatoms. The molecule has 1 unspecified atom stereocenters. The van der Waals surface area contributed by atoms with Crippen molar-refractivity contribution in [1.29, 1.82) is 0 Å². The molecule has 2 rings (SSSR count). The maximum atomic E-state index is 4.39. The summed E-state index contributed by atoms with van der Waals surface area (Å²) in [6.45, 7) is 6.08. The van der Waals surface area contributed by atoms with Gasteiger partial charge in [-0.2, -0.15) is 5.10 Å². The van der Waals surface area contributed by atoms with Gasteiger partial charge in [0.05, 0.1) is 0 Å². The summed E-state index contributed by atoms with van der Waals surface area (Å²) in [7, 11) is 2.00. The van der Waals surface area contributed by atoms with E-state index in [1.807, 2.05) is 11.7 Å². The van der Waals surface area contributed by atoms with Gasteiger partial charge in [-0.3, -0.25) is 4.68 Å². The Kier molecular flexibility index (Phi) is 4.68. The van der Waals surface area contributed by atoms with E-state index in [-0.39, 0.29) is 0 Å². The first-order valence-electron chi connectivity index (χ1n) is 6.83. The van der Waals surface area contributed by atoms with Crippen LogP contribution in [0.25, 0.3) is 0 Å². The predicted octanol–water partition coefficient (Wildman–Crippen LogP) is 2.15. The molecule has 1 aromatic carbocycles. The third-order valence-electron chi connectivity index (χ3n) is 3.50. The third-order valence-corrected chi connectivity index (χ3v) is 3.50. The largest absolute Gasteiger partial charge is 0.319 e. The molecule has 19 heavy (non-hydrogen) atoms. The molecule has 102 valence electrons. The summed E-state index contributed by atoms with van der Waals surface area (Å²) in [6.07, 6.45) is 2.56. The van der Waals surface area contributed by atoms with Crippen molar-refractivity contribution >= 4 is 0 Å². The van der Waals surface area contributed by atoms with Crippen LogP contribution in [-0.4, -0.2) is 28.4 Å². The fraction of sp³-hybridized carbons (Fsp3) is 0.467. The topological polar surface area (TPSA) is 42.7 Å². The van der Waals surface area contributed by atoms with E-state index in [4.69, 9.17) is 0 Å². The van der Waals surface area contributed by atoms with E-state index in [0.29, 0.717) is 5.92 Å². The summed E-state index contributed by atoms with van der Waals surface area (Å²) in [4.78, 5) is 4.39. The number of nitrogens with one attached hydrogen (secondary N) is 1. The molecule has 1 atom stereocenters. The van der Waals surface area contributed by atoms with Crippen molar-refractivity contribution in [2.75, 3.05) is 13.6 Å². The standard InChI is InChI=1S/C15H22N4/c1-4-19-15(17-11-18-19)9-13(10-16-3)14-8-6-5-7-12(14)2/h5-8,11,13,16H,4,9-10H2,1-3H3. The van der Waals surface area contributed by atoms with Crippen LogP contribution in [-0.2, 0) is 13.0 Å². The number of hydrogen-bond acceptors (Lipinski definition) is 3. The van der Waals surface area contributed by atoms with Crippen molar-refractivity contribution < 1.29 is 0 Å². The summed E-state index contributed by atoms with van der Waals surface area (Å²) < 4.78 is 1.97. The molecule has 2 aromatic rings. The van der Waals surface area contributed by atoms with Crippen LogP contribution in [0.5, 0.6) is 0 Å². The van der Waals surface area contributed by atoms with Crippen molar-refractivity contribution in [3.05, 3.63) is 47.5 Å². The quantitative estimate of drug-likeness (QED) is 0.863. The Morgan fingerprint density at radius 3 is 2.79 bits per heavy atom. The van der Waals surface area contributed by atoms with Gasteiger partial charge in [0.2, 0.25) is 0 Å². The fourth-order valence-corrected chi connectivity index (χ4v) is 2.51. The molecule has 1 aromatic heterocycles. The maximum Gasteiger partial charge on any atom is 0.138 e. The van der Waals surface area contributed by atoms with Crippen LogP contribution in [0.4, 0.5) is 0 Å². The lowest BCUT2D eigenvalue weighted by Crippen LogP contribution is -2.21. The second-order valence-corrected chi connectivity index (χ2v) is 4.81. The summed E-state index contributed by atoms with van der Waals surface area (Å²) in [6, 6.07) is 8.58. The lowest BCUT2D eigenvalue weighted by Gasteiger charge is -2.19. The van der Waals surface area contributed by atoms with Crippen LogP contribution < -0.4 is 5.32 Å². The number of hydrogen-bond donors (Lipinski definition) is 1. The Bertz CT molecular complexity index is 518. The van der Waals surface area contributed by atoms with Crippen molar-refractivity contribution in [3.63, 3.8) is 0 Å². The van der Waals surface area contributed by atoms with E-state index in [2.05, 4.69) is 53.5 Å². The molecule has 0 bridgehead atoms. The molecule has 0 saturated heterocycles. The summed E-state index contributed by atoms with van der Waals surface area (Å²) >= 11 is 0. The molecular formula is C15H22N4. The number of rotatable bonds is 6. The Morgan fingerprint density at radius 1 is 1.32 bits per heavy atom. The minimum atomic E-state index is 0.431. The number of likely N-dealkylation sites (N-methyl/N-ethyl adjacent to an activating group) is 1. The predicted molar refractivity (Wildman–Crippen MR) is 77.2 cm³/mol. The van der Waals surface area contributed by atoms with Gasteiger partial charge >= 0.3 is 0 Å². The summed E-state index contributed by atoms with van der Waals surface area (Å²) in [5, 5.41) is 7.54. The van der Waals surface area contributed by atoms with Gasteiger partial charge in [0, 0.05) is 25.4 Å². The minimum Gasteiger partial charge on any atom is -0.319 e. The lowest BCUT2D eigenvalue weighted by molar-refractivity contribution is 0.555. The van der Waals surface area contributed by atoms with Crippen molar-refractivity contribution in [2.24, 2.45) is 0 Å². The molecule has 1 N–H and O–H groups in total. The van der Waals surface area contributed by atoms with Gasteiger partial charge in [-0.15, -0.1) is 0 Å². The van der Waals surface area contributed by atoms with Gasteiger partial charge in [-0.05, 0) is 32.0 Å². The Morgan fingerprint density at radius 2 is 2.11 bits per heavy atom. The fourth-order valence-electron chi connectivity index (χ4n) is 2.51. The van der Waals surface area contributed by atoms with E-state index < -0.39 is 0 Å². The van der Waals surface area contributed by atoms with E-state index in [9.17, 15) is 0 Å². The average molecular weight is 258 g/mol. The molecule has 0 fully saturated rings. The second kappa shape index (κ2) is 6.48.